The third kappa shape index (κ3) is 4.13. The van der Waals surface area contributed by atoms with Crippen molar-refractivity contribution in [3.63, 3.8) is 0 Å². The van der Waals surface area contributed by atoms with Crippen LogP contribution in [-0.4, -0.2) is 37.2 Å². The predicted octanol–water partition coefficient (Wildman–Crippen LogP) is 4.35. The van der Waals surface area contributed by atoms with E-state index in [0.717, 1.165) is 31.5 Å². The van der Waals surface area contributed by atoms with Gasteiger partial charge >= 0.3 is 0 Å². The Morgan fingerprint density at radius 1 is 0.968 bits per heavy atom. The molecule has 1 fully saturated rings. The molecular formula is C24H27N3O4. The first-order chi connectivity index (χ1) is 15.2. The summed E-state index contributed by atoms with van der Waals surface area (Å²) < 4.78 is 17.7. The summed E-state index contributed by atoms with van der Waals surface area (Å²) >= 11 is 0. The molecule has 7 nitrogen and oxygen atoms in total. The zero-order valence-corrected chi connectivity index (χ0v) is 18.1. The number of methoxy groups -OCH3 is 3. The average molecular weight is 421 g/mol. The first-order valence-electron chi connectivity index (χ1n) is 10.5. The van der Waals surface area contributed by atoms with Gasteiger partial charge in [0.25, 0.3) is 5.56 Å². The Balaban J connectivity index is 1.85. The lowest BCUT2D eigenvalue weighted by atomic mass is 9.88. The molecule has 1 aliphatic carbocycles. The maximum atomic E-state index is 13.3. The molecule has 4 rings (SSSR count). The first kappa shape index (κ1) is 20.9. The van der Waals surface area contributed by atoms with Crippen molar-refractivity contribution in [3.05, 3.63) is 58.1 Å². The Kier molecular flexibility index (Phi) is 6.21. The smallest absolute Gasteiger partial charge is 0.282 e. The van der Waals surface area contributed by atoms with Crippen LogP contribution in [0.2, 0.25) is 0 Å². The molecule has 1 saturated carbocycles. The highest BCUT2D eigenvalue weighted by Gasteiger charge is 2.22. The molecule has 1 aliphatic rings. The number of rotatable bonds is 6. The summed E-state index contributed by atoms with van der Waals surface area (Å²) in [6.45, 7) is 0. The highest BCUT2D eigenvalue weighted by molar-refractivity contribution is 5.85. The number of hydrogen-bond acceptors (Lipinski definition) is 6. The van der Waals surface area contributed by atoms with Crippen molar-refractivity contribution in [2.75, 3.05) is 21.3 Å². The normalized spacial score (nSPS) is 14.8. The minimum absolute atomic E-state index is 0.165. The Hall–Kier alpha value is -3.35. The third-order valence-electron chi connectivity index (χ3n) is 5.80. The molecule has 0 unspecified atom stereocenters. The van der Waals surface area contributed by atoms with Gasteiger partial charge < -0.3 is 14.2 Å². The topological polar surface area (TPSA) is 74.9 Å². The second kappa shape index (κ2) is 9.20. The van der Waals surface area contributed by atoms with Gasteiger partial charge in [0.2, 0.25) is 0 Å². The van der Waals surface area contributed by atoms with Gasteiger partial charge in [0.15, 0.2) is 11.5 Å². The molecule has 0 saturated heterocycles. The standard InChI is InChI=1S/C24H27N3O4/c1-29-20-14-22(31-3)21(30-2)13-17(20)15-25-27-23(16-9-5-4-6-10-16)26-19-12-8-7-11-18(19)24(27)28/h7-8,11-16H,4-6,9-10H2,1-3H3. The van der Waals surface area contributed by atoms with E-state index in [1.54, 1.807) is 45.7 Å². The summed E-state index contributed by atoms with van der Waals surface area (Å²) in [7, 11) is 4.72. The van der Waals surface area contributed by atoms with Gasteiger partial charge in [-0.05, 0) is 31.0 Å². The van der Waals surface area contributed by atoms with E-state index >= 15 is 0 Å². The molecule has 0 aliphatic heterocycles. The predicted molar refractivity (Wildman–Crippen MR) is 121 cm³/mol. The molecule has 0 bridgehead atoms. The zero-order valence-electron chi connectivity index (χ0n) is 18.1. The van der Waals surface area contributed by atoms with Crippen molar-refractivity contribution in [2.45, 2.75) is 38.0 Å². The van der Waals surface area contributed by atoms with Crippen molar-refractivity contribution in [1.29, 1.82) is 0 Å². The highest BCUT2D eigenvalue weighted by atomic mass is 16.5. The largest absolute Gasteiger partial charge is 0.496 e. The van der Waals surface area contributed by atoms with Crippen molar-refractivity contribution in [1.82, 2.24) is 9.66 Å². The van der Waals surface area contributed by atoms with Gasteiger partial charge in [-0.1, -0.05) is 31.4 Å². The van der Waals surface area contributed by atoms with E-state index in [9.17, 15) is 4.79 Å². The van der Waals surface area contributed by atoms with E-state index < -0.39 is 0 Å². The third-order valence-corrected chi connectivity index (χ3v) is 5.80. The van der Waals surface area contributed by atoms with Gasteiger partial charge in [-0.2, -0.15) is 9.78 Å². The monoisotopic (exact) mass is 421 g/mol. The zero-order chi connectivity index (χ0) is 21.8. The molecular weight excluding hydrogens is 394 g/mol. The van der Waals surface area contributed by atoms with E-state index in [0.29, 0.717) is 33.7 Å². The van der Waals surface area contributed by atoms with Crippen LogP contribution in [0.4, 0.5) is 0 Å². The number of benzene rings is 2. The molecule has 0 N–H and O–H groups in total. The number of ether oxygens (including phenoxy) is 3. The van der Waals surface area contributed by atoms with Crippen LogP contribution in [0.25, 0.3) is 10.9 Å². The van der Waals surface area contributed by atoms with Gasteiger partial charge in [0.05, 0.1) is 38.4 Å². The fourth-order valence-electron chi connectivity index (χ4n) is 4.15. The molecule has 0 atom stereocenters. The van der Waals surface area contributed by atoms with Crippen molar-refractivity contribution in [3.8, 4) is 17.2 Å². The SMILES string of the molecule is COc1cc(OC)c(OC)cc1C=Nn1c(C2CCCCC2)nc2ccccc2c1=O. The van der Waals surface area contributed by atoms with Gasteiger partial charge in [-0.15, -0.1) is 0 Å². The highest BCUT2D eigenvalue weighted by Crippen LogP contribution is 2.34. The molecule has 1 heterocycles. The van der Waals surface area contributed by atoms with E-state index in [2.05, 4.69) is 5.10 Å². The number of aromatic nitrogens is 2. The summed E-state index contributed by atoms with van der Waals surface area (Å²) in [4.78, 5) is 18.2. The lowest BCUT2D eigenvalue weighted by molar-refractivity contribution is 0.349. The molecule has 0 amide bonds. The Morgan fingerprint density at radius 3 is 2.35 bits per heavy atom. The average Bonchev–Trinajstić information content (AvgIpc) is 2.83. The van der Waals surface area contributed by atoms with Gasteiger partial charge in [-0.25, -0.2) is 4.98 Å². The van der Waals surface area contributed by atoms with Crippen LogP contribution in [0, 0.1) is 0 Å². The van der Waals surface area contributed by atoms with Crippen LogP contribution in [-0.2, 0) is 0 Å². The second-order valence-electron chi connectivity index (χ2n) is 7.63. The van der Waals surface area contributed by atoms with Crippen LogP contribution in [0.1, 0.15) is 49.4 Å². The Morgan fingerprint density at radius 2 is 1.65 bits per heavy atom. The molecule has 3 aromatic rings. The Bertz CT molecular complexity index is 1160. The maximum absolute atomic E-state index is 13.3. The first-order valence-corrected chi connectivity index (χ1v) is 10.5. The molecule has 0 radical (unpaired) electrons. The number of para-hydroxylation sites is 1. The minimum atomic E-state index is -0.165. The van der Waals surface area contributed by atoms with Crippen molar-refractivity contribution >= 4 is 17.1 Å². The van der Waals surface area contributed by atoms with Crippen LogP contribution >= 0.6 is 0 Å². The minimum Gasteiger partial charge on any atom is -0.496 e. The van der Waals surface area contributed by atoms with Gasteiger partial charge in [-0.3, -0.25) is 4.79 Å². The maximum Gasteiger partial charge on any atom is 0.282 e. The summed E-state index contributed by atoms with van der Waals surface area (Å²) in [6, 6.07) is 10.9. The Labute approximate surface area is 181 Å². The lowest BCUT2D eigenvalue weighted by Gasteiger charge is -2.22. The molecule has 2 aromatic carbocycles. The van der Waals surface area contributed by atoms with Gasteiger partial charge in [0.1, 0.15) is 11.6 Å². The van der Waals surface area contributed by atoms with E-state index in [-0.39, 0.29) is 11.5 Å². The second-order valence-corrected chi connectivity index (χ2v) is 7.63. The van der Waals surface area contributed by atoms with Crippen LogP contribution < -0.4 is 19.8 Å². The van der Waals surface area contributed by atoms with Crippen molar-refractivity contribution < 1.29 is 14.2 Å². The number of hydrogen-bond donors (Lipinski definition) is 0. The van der Waals surface area contributed by atoms with Crippen LogP contribution in [0.15, 0.2) is 46.3 Å². The summed E-state index contributed by atoms with van der Waals surface area (Å²) in [6.07, 6.45) is 7.15. The molecule has 31 heavy (non-hydrogen) atoms. The summed E-state index contributed by atoms with van der Waals surface area (Å²) in [5, 5.41) is 5.14. The van der Waals surface area contributed by atoms with E-state index in [1.807, 2.05) is 18.2 Å². The van der Waals surface area contributed by atoms with Crippen molar-refractivity contribution in [2.24, 2.45) is 5.10 Å². The quantitative estimate of drug-likeness (QED) is 0.553. The lowest BCUT2D eigenvalue weighted by Crippen LogP contribution is -2.25. The van der Waals surface area contributed by atoms with Crippen LogP contribution in [0.3, 0.4) is 0 Å². The number of fused-ring (bicyclic) bond motifs is 1. The molecule has 1 aromatic heterocycles. The molecule has 0 spiro atoms. The molecule has 162 valence electrons. The fourth-order valence-corrected chi connectivity index (χ4v) is 4.15. The summed E-state index contributed by atoms with van der Waals surface area (Å²) in [5.74, 6) is 2.63. The van der Waals surface area contributed by atoms with E-state index in [4.69, 9.17) is 19.2 Å². The summed E-state index contributed by atoms with van der Waals surface area (Å²) in [5.41, 5.74) is 1.22. The van der Waals surface area contributed by atoms with Gasteiger partial charge in [0, 0.05) is 17.5 Å². The van der Waals surface area contributed by atoms with E-state index in [1.165, 1.54) is 11.1 Å². The number of nitrogens with zero attached hydrogens (tertiary/aromatic N) is 3. The molecule has 7 heteroatoms. The fraction of sp³-hybridized carbons (Fsp3) is 0.375. The van der Waals surface area contributed by atoms with Crippen LogP contribution in [0.5, 0.6) is 17.2 Å².